The molecule has 5 nitrogen and oxygen atoms in total. The first-order chi connectivity index (χ1) is 9.19. The van der Waals surface area contributed by atoms with E-state index in [4.69, 9.17) is 4.42 Å². The first kappa shape index (κ1) is 13.6. The van der Waals surface area contributed by atoms with Crippen LogP contribution in [0.5, 0.6) is 0 Å². The molecule has 0 unspecified atom stereocenters. The van der Waals surface area contributed by atoms with Crippen molar-refractivity contribution in [2.45, 2.75) is 38.1 Å². The number of ether oxygens (including phenoxy) is 1. The Morgan fingerprint density at radius 1 is 1.37 bits per heavy atom. The van der Waals surface area contributed by atoms with Gasteiger partial charge in [-0.1, -0.05) is 0 Å². The molecule has 1 heterocycles. The highest BCUT2D eigenvalue weighted by Gasteiger charge is 2.25. The van der Waals surface area contributed by atoms with E-state index in [0.717, 1.165) is 25.7 Å². The summed E-state index contributed by atoms with van der Waals surface area (Å²) in [5.41, 5.74) is 0. The highest BCUT2D eigenvalue weighted by Crippen LogP contribution is 2.27. The van der Waals surface area contributed by atoms with Gasteiger partial charge in [-0.3, -0.25) is 9.59 Å². The molecule has 19 heavy (non-hydrogen) atoms. The molecule has 1 saturated carbocycles. The number of amides is 1. The van der Waals surface area contributed by atoms with Crippen molar-refractivity contribution in [3.05, 3.63) is 24.2 Å². The van der Waals surface area contributed by atoms with Crippen molar-refractivity contribution in [1.82, 2.24) is 5.32 Å². The summed E-state index contributed by atoms with van der Waals surface area (Å²) in [6.45, 7) is 0. The van der Waals surface area contributed by atoms with E-state index in [1.165, 1.54) is 13.4 Å². The second-order valence-electron chi connectivity index (χ2n) is 4.95. The molecule has 0 atom stereocenters. The lowest BCUT2D eigenvalue weighted by atomic mass is 9.84. The number of nitrogens with one attached hydrogen (secondary N) is 1. The van der Waals surface area contributed by atoms with E-state index >= 15 is 0 Å². The van der Waals surface area contributed by atoms with E-state index < -0.39 is 0 Å². The molecule has 1 fully saturated rings. The van der Waals surface area contributed by atoms with Gasteiger partial charge >= 0.3 is 5.97 Å². The number of carbonyl (C=O) groups is 2. The van der Waals surface area contributed by atoms with E-state index in [9.17, 15) is 9.59 Å². The van der Waals surface area contributed by atoms with Crippen LogP contribution in [0.1, 0.15) is 42.7 Å². The predicted octanol–water partition coefficient (Wildman–Crippen LogP) is 2.13. The van der Waals surface area contributed by atoms with Gasteiger partial charge in [0.15, 0.2) is 5.76 Å². The fraction of sp³-hybridized carbons (Fsp3) is 0.571. The lowest BCUT2D eigenvalue weighted by Gasteiger charge is -2.28. The Morgan fingerprint density at radius 2 is 2.11 bits per heavy atom. The predicted molar refractivity (Wildman–Crippen MR) is 68.6 cm³/mol. The van der Waals surface area contributed by atoms with Crippen LogP contribution in [0.4, 0.5) is 0 Å². The Morgan fingerprint density at radius 3 is 2.68 bits per heavy atom. The quantitative estimate of drug-likeness (QED) is 0.847. The number of esters is 1. The smallest absolute Gasteiger partial charge is 0.305 e. The zero-order valence-electron chi connectivity index (χ0n) is 11.1. The average Bonchev–Trinajstić information content (AvgIpc) is 2.95. The summed E-state index contributed by atoms with van der Waals surface area (Å²) in [5.74, 6) is 0.408. The third-order valence-corrected chi connectivity index (χ3v) is 3.61. The van der Waals surface area contributed by atoms with E-state index in [1.807, 2.05) is 0 Å². The van der Waals surface area contributed by atoms with Gasteiger partial charge in [-0.2, -0.15) is 0 Å². The minimum Gasteiger partial charge on any atom is -0.469 e. The molecule has 2 rings (SSSR count). The molecule has 0 aromatic carbocycles. The summed E-state index contributed by atoms with van der Waals surface area (Å²) in [5, 5.41) is 2.96. The van der Waals surface area contributed by atoms with Gasteiger partial charge in [-0.25, -0.2) is 0 Å². The maximum absolute atomic E-state index is 11.8. The van der Waals surface area contributed by atoms with Crippen molar-refractivity contribution in [2.75, 3.05) is 7.11 Å². The Kier molecular flexibility index (Phi) is 4.60. The summed E-state index contributed by atoms with van der Waals surface area (Å²) in [7, 11) is 1.41. The zero-order valence-corrected chi connectivity index (χ0v) is 11.1. The van der Waals surface area contributed by atoms with Crippen LogP contribution >= 0.6 is 0 Å². The van der Waals surface area contributed by atoms with E-state index in [2.05, 4.69) is 10.1 Å². The third kappa shape index (κ3) is 3.84. The van der Waals surface area contributed by atoms with Gasteiger partial charge < -0.3 is 14.5 Å². The van der Waals surface area contributed by atoms with Crippen molar-refractivity contribution < 1.29 is 18.7 Å². The highest BCUT2D eigenvalue weighted by atomic mass is 16.5. The lowest BCUT2D eigenvalue weighted by Crippen LogP contribution is -2.37. The van der Waals surface area contributed by atoms with Gasteiger partial charge in [0.25, 0.3) is 5.91 Å². The third-order valence-electron chi connectivity index (χ3n) is 3.61. The lowest BCUT2D eigenvalue weighted by molar-refractivity contribution is -0.142. The Bertz CT molecular complexity index is 419. The summed E-state index contributed by atoms with van der Waals surface area (Å²) in [6.07, 6.45) is 5.65. The van der Waals surface area contributed by atoms with Gasteiger partial charge in [0.05, 0.1) is 13.4 Å². The molecule has 0 bridgehead atoms. The molecule has 1 aromatic rings. The maximum Gasteiger partial charge on any atom is 0.305 e. The van der Waals surface area contributed by atoms with Crippen LogP contribution in [0.15, 0.2) is 22.8 Å². The standard InChI is InChI=1S/C14H19NO4/c1-18-13(16)9-10-4-6-11(7-5-10)15-14(17)12-3-2-8-19-12/h2-3,8,10-11H,4-7,9H2,1H3,(H,15,17). The number of hydrogen-bond acceptors (Lipinski definition) is 4. The van der Waals surface area contributed by atoms with E-state index in [1.54, 1.807) is 12.1 Å². The van der Waals surface area contributed by atoms with Gasteiger partial charge in [0, 0.05) is 12.5 Å². The number of hydrogen-bond donors (Lipinski definition) is 1. The van der Waals surface area contributed by atoms with Crippen molar-refractivity contribution in [2.24, 2.45) is 5.92 Å². The minimum absolute atomic E-state index is 0.150. The minimum atomic E-state index is -0.165. The summed E-state index contributed by atoms with van der Waals surface area (Å²) >= 11 is 0. The highest BCUT2D eigenvalue weighted by molar-refractivity contribution is 5.91. The van der Waals surface area contributed by atoms with Crippen LogP contribution < -0.4 is 5.32 Å². The molecule has 1 N–H and O–H groups in total. The molecule has 0 spiro atoms. The molecule has 1 aliphatic carbocycles. The molecule has 1 aromatic heterocycles. The van der Waals surface area contributed by atoms with Gasteiger partial charge in [-0.05, 0) is 43.7 Å². The van der Waals surface area contributed by atoms with Crippen LogP contribution in [0.3, 0.4) is 0 Å². The van der Waals surface area contributed by atoms with E-state index in [0.29, 0.717) is 18.1 Å². The second kappa shape index (κ2) is 6.41. The summed E-state index contributed by atoms with van der Waals surface area (Å²) in [4.78, 5) is 23.0. The molecule has 1 aliphatic rings. The largest absolute Gasteiger partial charge is 0.469 e. The van der Waals surface area contributed by atoms with Crippen LogP contribution in [0.25, 0.3) is 0 Å². The molecular weight excluding hydrogens is 246 g/mol. The van der Waals surface area contributed by atoms with Crippen molar-refractivity contribution in [1.29, 1.82) is 0 Å². The van der Waals surface area contributed by atoms with Crippen LogP contribution in [0.2, 0.25) is 0 Å². The number of methoxy groups -OCH3 is 1. The molecule has 0 radical (unpaired) electrons. The topological polar surface area (TPSA) is 68.5 Å². The maximum atomic E-state index is 11.8. The van der Waals surface area contributed by atoms with Gasteiger partial charge in [0.1, 0.15) is 0 Å². The molecule has 5 heteroatoms. The summed E-state index contributed by atoms with van der Waals surface area (Å²) in [6, 6.07) is 3.52. The normalized spacial score (nSPS) is 22.8. The first-order valence-electron chi connectivity index (χ1n) is 6.60. The fourth-order valence-electron chi connectivity index (χ4n) is 2.49. The number of carbonyl (C=O) groups excluding carboxylic acids is 2. The second-order valence-corrected chi connectivity index (χ2v) is 4.95. The Hall–Kier alpha value is -1.78. The fourth-order valence-corrected chi connectivity index (χ4v) is 2.49. The first-order valence-corrected chi connectivity index (χ1v) is 6.60. The molecule has 0 aliphatic heterocycles. The SMILES string of the molecule is COC(=O)CC1CCC(NC(=O)c2ccco2)CC1. The van der Waals surface area contributed by atoms with Crippen LogP contribution in [-0.4, -0.2) is 25.0 Å². The van der Waals surface area contributed by atoms with Crippen LogP contribution in [0, 0.1) is 5.92 Å². The monoisotopic (exact) mass is 265 g/mol. The Labute approximate surface area is 112 Å². The molecule has 0 saturated heterocycles. The van der Waals surface area contributed by atoms with Crippen molar-refractivity contribution in [3.63, 3.8) is 0 Å². The Balaban J connectivity index is 1.74. The van der Waals surface area contributed by atoms with Crippen LogP contribution in [-0.2, 0) is 9.53 Å². The zero-order chi connectivity index (χ0) is 13.7. The number of furan rings is 1. The van der Waals surface area contributed by atoms with Crippen molar-refractivity contribution in [3.8, 4) is 0 Å². The molecule has 1 amide bonds. The van der Waals surface area contributed by atoms with Gasteiger partial charge in [-0.15, -0.1) is 0 Å². The van der Waals surface area contributed by atoms with Crippen molar-refractivity contribution >= 4 is 11.9 Å². The molecular formula is C14H19NO4. The van der Waals surface area contributed by atoms with E-state index in [-0.39, 0.29) is 17.9 Å². The average molecular weight is 265 g/mol. The number of rotatable bonds is 4. The van der Waals surface area contributed by atoms with Gasteiger partial charge in [0.2, 0.25) is 0 Å². The molecule has 104 valence electrons. The summed E-state index contributed by atoms with van der Waals surface area (Å²) < 4.78 is 9.72.